The molecule has 1 aromatic heterocycles. The molecule has 0 unspecified atom stereocenters. The summed E-state index contributed by atoms with van der Waals surface area (Å²) in [7, 11) is -7.15. The van der Waals surface area contributed by atoms with E-state index in [1.54, 1.807) is 6.07 Å². The molecule has 4 rings (SSSR count). The summed E-state index contributed by atoms with van der Waals surface area (Å²) in [4.78, 5) is 17.4. The number of anilines is 1. The van der Waals surface area contributed by atoms with E-state index in [1.165, 1.54) is 40.7 Å². The van der Waals surface area contributed by atoms with E-state index in [0.717, 1.165) is 23.2 Å². The molecule has 8 nitrogen and oxygen atoms in total. The first kappa shape index (κ1) is 26.0. The third-order valence-electron chi connectivity index (χ3n) is 5.49. The second-order valence-corrected chi connectivity index (χ2v) is 13.5. The molecule has 1 N–H and O–H groups in total. The van der Waals surface area contributed by atoms with Crippen LogP contribution in [-0.2, 0) is 26.4 Å². The van der Waals surface area contributed by atoms with Crippen molar-refractivity contribution in [1.29, 1.82) is 0 Å². The van der Waals surface area contributed by atoms with Gasteiger partial charge in [0, 0.05) is 24.4 Å². The fourth-order valence-corrected chi connectivity index (χ4v) is 6.83. The first-order chi connectivity index (χ1) is 16.9. The standard InChI is InChI=1S/C25H25N3O5S3/c1-17(2)28(16-18-7-5-4-6-8-18)36(32,33)20-11-9-19(10-12-20)24(29)27-25-26-22-14-13-21(35(3,30)31)15-23(22)34-25/h4-15,17H,16H2,1-3H3,(H,26,27,29). The summed E-state index contributed by atoms with van der Waals surface area (Å²) in [6, 6.07) is 19.4. The Kier molecular flexibility index (Phi) is 7.28. The summed E-state index contributed by atoms with van der Waals surface area (Å²) < 4.78 is 52.3. The second-order valence-electron chi connectivity index (χ2n) is 8.53. The number of rotatable bonds is 8. The third kappa shape index (κ3) is 5.65. The maximum Gasteiger partial charge on any atom is 0.257 e. The highest BCUT2D eigenvalue weighted by Crippen LogP contribution is 2.29. The van der Waals surface area contributed by atoms with Gasteiger partial charge >= 0.3 is 0 Å². The molecule has 0 atom stereocenters. The molecule has 0 radical (unpaired) electrons. The highest BCUT2D eigenvalue weighted by Gasteiger charge is 2.27. The van der Waals surface area contributed by atoms with Gasteiger partial charge < -0.3 is 0 Å². The Hall–Kier alpha value is -3.12. The van der Waals surface area contributed by atoms with Crippen LogP contribution in [-0.4, -0.2) is 44.3 Å². The van der Waals surface area contributed by atoms with Gasteiger partial charge in [0.05, 0.1) is 20.0 Å². The first-order valence-corrected chi connectivity index (χ1v) is 15.2. The zero-order valence-electron chi connectivity index (χ0n) is 19.9. The Labute approximate surface area is 214 Å². The van der Waals surface area contributed by atoms with E-state index >= 15 is 0 Å². The van der Waals surface area contributed by atoms with Gasteiger partial charge in [0.25, 0.3) is 5.91 Å². The Morgan fingerprint density at radius 3 is 2.19 bits per heavy atom. The minimum Gasteiger partial charge on any atom is -0.298 e. The fraction of sp³-hybridized carbons (Fsp3) is 0.200. The molecular weight excluding hydrogens is 518 g/mol. The van der Waals surface area contributed by atoms with Gasteiger partial charge in [-0.25, -0.2) is 21.8 Å². The number of hydrogen-bond donors (Lipinski definition) is 1. The summed E-state index contributed by atoms with van der Waals surface area (Å²) in [6.07, 6.45) is 1.13. The Balaban J connectivity index is 1.52. The number of nitrogens with one attached hydrogen (secondary N) is 1. The lowest BCUT2D eigenvalue weighted by Crippen LogP contribution is -2.36. The lowest BCUT2D eigenvalue weighted by Gasteiger charge is -2.26. The summed E-state index contributed by atoms with van der Waals surface area (Å²) in [6.45, 7) is 3.88. The van der Waals surface area contributed by atoms with E-state index < -0.39 is 25.8 Å². The van der Waals surface area contributed by atoms with E-state index in [1.807, 2.05) is 44.2 Å². The van der Waals surface area contributed by atoms with Gasteiger partial charge in [0.1, 0.15) is 0 Å². The number of nitrogens with zero attached hydrogens (tertiary/aromatic N) is 2. The van der Waals surface area contributed by atoms with Gasteiger partial charge in [0.2, 0.25) is 10.0 Å². The zero-order valence-corrected chi connectivity index (χ0v) is 22.3. The van der Waals surface area contributed by atoms with Gasteiger partial charge in [-0.2, -0.15) is 4.31 Å². The second kappa shape index (κ2) is 10.1. The van der Waals surface area contributed by atoms with Crippen LogP contribution >= 0.6 is 11.3 Å². The number of carbonyl (C=O) groups is 1. The SMILES string of the molecule is CC(C)N(Cc1ccccc1)S(=O)(=O)c1ccc(C(=O)Nc2nc3ccc(S(C)(=O)=O)cc3s2)cc1. The van der Waals surface area contributed by atoms with Crippen LogP contribution < -0.4 is 5.32 Å². The number of sulfone groups is 1. The van der Waals surface area contributed by atoms with Crippen LogP contribution in [0.3, 0.4) is 0 Å². The van der Waals surface area contributed by atoms with Crippen LogP contribution in [0.2, 0.25) is 0 Å². The lowest BCUT2D eigenvalue weighted by molar-refractivity contribution is 0.102. The molecular formula is C25H25N3O5S3. The number of carbonyl (C=O) groups excluding carboxylic acids is 1. The lowest BCUT2D eigenvalue weighted by atomic mass is 10.2. The summed E-state index contributed by atoms with van der Waals surface area (Å²) in [5.74, 6) is -0.452. The fourth-order valence-electron chi connectivity index (χ4n) is 3.58. The molecule has 11 heteroatoms. The molecule has 1 heterocycles. The Morgan fingerprint density at radius 1 is 0.944 bits per heavy atom. The van der Waals surface area contributed by atoms with Crippen LogP contribution in [0.15, 0.2) is 82.6 Å². The number of hydrogen-bond acceptors (Lipinski definition) is 7. The molecule has 0 aliphatic rings. The number of amides is 1. The molecule has 0 saturated carbocycles. The molecule has 188 valence electrons. The highest BCUT2D eigenvalue weighted by molar-refractivity contribution is 7.90. The third-order valence-corrected chi connectivity index (χ3v) is 9.57. The van der Waals surface area contributed by atoms with E-state index in [2.05, 4.69) is 10.3 Å². The predicted octanol–water partition coefficient (Wildman–Crippen LogP) is 4.55. The molecule has 0 fully saturated rings. The number of thiazole rings is 1. The summed E-state index contributed by atoms with van der Waals surface area (Å²) in [5.41, 5.74) is 1.71. The molecule has 0 bridgehead atoms. The van der Waals surface area contributed by atoms with Crippen molar-refractivity contribution in [3.63, 3.8) is 0 Å². The summed E-state index contributed by atoms with van der Waals surface area (Å²) in [5, 5.41) is 3.01. The van der Waals surface area contributed by atoms with Gasteiger partial charge in [-0.3, -0.25) is 10.1 Å². The van der Waals surface area contributed by atoms with Crippen LogP contribution in [0.1, 0.15) is 29.8 Å². The predicted molar refractivity (Wildman–Crippen MR) is 141 cm³/mol. The van der Waals surface area contributed by atoms with Gasteiger partial charge in [-0.1, -0.05) is 41.7 Å². The van der Waals surface area contributed by atoms with Crippen LogP contribution in [0.4, 0.5) is 5.13 Å². The quantitative estimate of drug-likeness (QED) is 0.349. The topological polar surface area (TPSA) is 114 Å². The number of aromatic nitrogens is 1. The molecule has 0 aliphatic carbocycles. The minimum absolute atomic E-state index is 0.0944. The number of sulfonamides is 1. The summed E-state index contributed by atoms with van der Waals surface area (Å²) >= 11 is 1.16. The molecule has 1 amide bonds. The van der Waals surface area contributed by atoms with Crippen molar-refractivity contribution in [2.45, 2.75) is 36.2 Å². The molecule has 4 aromatic rings. The molecule has 0 aliphatic heterocycles. The van der Waals surface area contributed by atoms with Crippen molar-refractivity contribution in [3.8, 4) is 0 Å². The van der Waals surface area contributed by atoms with E-state index in [0.29, 0.717) is 15.3 Å². The largest absolute Gasteiger partial charge is 0.298 e. The average molecular weight is 544 g/mol. The molecule has 0 spiro atoms. The maximum absolute atomic E-state index is 13.3. The van der Waals surface area contributed by atoms with Gasteiger partial charge in [0.15, 0.2) is 15.0 Å². The van der Waals surface area contributed by atoms with Crippen molar-refractivity contribution in [3.05, 3.63) is 83.9 Å². The first-order valence-electron chi connectivity index (χ1n) is 11.0. The smallest absolute Gasteiger partial charge is 0.257 e. The Morgan fingerprint density at radius 2 is 1.58 bits per heavy atom. The van der Waals surface area contributed by atoms with Crippen LogP contribution in [0.25, 0.3) is 10.2 Å². The molecule has 36 heavy (non-hydrogen) atoms. The number of fused-ring (bicyclic) bond motifs is 1. The normalized spacial score (nSPS) is 12.4. The Bertz CT molecular complexity index is 1610. The van der Waals surface area contributed by atoms with Gasteiger partial charge in [-0.15, -0.1) is 0 Å². The van der Waals surface area contributed by atoms with Crippen LogP contribution in [0.5, 0.6) is 0 Å². The number of benzene rings is 3. The highest BCUT2D eigenvalue weighted by atomic mass is 32.2. The van der Waals surface area contributed by atoms with E-state index in [4.69, 9.17) is 0 Å². The molecule has 0 saturated heterocycles. The van der Waals surface area contributed by atoms with Crippen molar-refractivity contribution in [2.75, 3.05) is 11.6 Å². The van der Waals surface area contributed by atoms with Crippen molar-refractivity contribution < 1.29 is 21.6 Å². The van der Waals surface area contributed by atoms with Crippen LogP contribution in [0, 0.1) is 0 Å². The zero-order chi connectivity index (χ0) is 26.1. The van der Waals surface area contributed by atoms with Crippen molar-refractivity contribution >= 4 is 52.5 Å². The van der Waals surface area contributed by atoms with E-state index in [-0.39, 0.29) is 27.9 Å². The van der Waals surface area contributed by atoms with Crippen molar-refractivity contribution in [1.82, 2.24) is 9.29 Å². The minimum atomic E-state index is -3.79. The molecule has 3 aromatic carbocycles. The average Bonchev–Trinajstić information content (AvgIpc) is 3.24. The van der Waals surface area contributed by atoms with E-state index in [9.17, 15) is 21.6 Å². The van der Waals surface area contributed by atoms with Crippen molar-refractivity contribution in [2.24, 2.45) is 0 Å². The maximum atomic E-state index is 13.3. The van der Waals surface area contributed by atoms with Gasteiger partial charge in [-0.05, 0) is 61.9 Å². The monoisotopic (exact) mass is 543 g/mol.